The standard InChI is InChI=1S/C17H21Cl2NO5S/c1-3-25-17(22)16(13-8-5-11(18)9-14(13)19)20(12-6-7-12)15(21)10-26(23,24)4-2/h5,8-9,12,16H,3-4,6-7,10H2,1-2H3/t16-/m1/s1. The fourth-order valence-electron chi connectivity index (χ4n) is 2.61. The predicted molar refractivity (Wildman–Crippen MR) is 100 cm³/mol. The highest BCUT2D eigenvalue weighted by molar-refractivity contribution is 7.92. The Bertz CT molecular complexity index is 792. The summed E-state index contributed by atoms with van der Waals surface area (Å²) in [5, 5.41) is 0.603. The minimum atomic E-state index is -3.54. The lowest BCUT2D eigenvalue weighted by Gasteiger charge is -2.31. The van der Waals surface area contributed by atoms with Crippen molar-refractivity contribution in [3.8, 4) is 0 Å². The lowest BCUT2D eigenvalue weighted by Crippen LogP contribution is -2.44. The number of benzene rings is 1. The number of nitrogens with zero attached hydrogens (tertiary/aromatic N) is 1. The van der Waals surface area contributed by atoms with Crippen molar-refractivity contribution in [2.45, 2.75) is 38.8 Å². The van der Waals surface area contributed by atoms with Gasteiger partial charge in [0.15, 0.2) is 15.9 Å². The first-order valence-electron chi connectivity index (χ1n) is 8.33. The normalized spacial score (nSPS) is 15.4. The predicted octanol–water partition coefficient (Wildman–Crippen LogP) is 3.02. The molecular weight excluding hydrogens is 401 g/mol. The van der Waals surface area contributed by atoms with Gasteiger partial charge in [-0.05, 0) is 31.9 Å². The molecule has 0 aliphatic heterocycles. The van der Waals surface area contributed by atoms with E-state index in [4.69, 9.17) is 27.9 Å². The molecule has 1 aliphatic carbocycles. The highest BCUT2D eigenvalue weighted by atomic mass is 35.5. The van der Waals surface area contributed by atoms with Crippen LogP contribution in [0.15, 0.2) is 18.2 Å². The highest BCUT2D eigenvalue weighted by Gasteiger charge is 2.43. The van der Waals surface area contributed by atoms with Gasteiger partial charge in [0.2, 0.25) is 5.91 Å². The van der Waals surface area contributed by atoms with Crippen LogP contribution in [0.5, 0.6) is 0 Å². The van der Waals surface area contributed by atoms with E-state index in [2.05, 4.69) is 0 Å². The van der Waals surface area contributed by atoms with Crippen LogP contribution in [0.4, 0.5) is 0 Å². The summed E-state index contributed by atoms with van der Waals surface area (Å²) in [5.41, 5.74) is 0.365. The molecule has 0 radical (unpaired) electrons. The second-order valence-electron chi connectivity index (χ2n) is 6.03. The van der Waals surface area contributed by atoms with Crippen molar-refractivity contribution < 1.29 is 22.7 Å². The smallest absolute Gasteiger partial charge is 0.333 e. The first-order valence-corrected chi connectivity index (χ1v) is 10.9. The summed E-state index contributed by atoms with van der Waals surface area (Å²) in [6.45, 7) is 3.26. The molecule has 1 aliphatic rings. The molecule has 144 valence electrons. The van der Waals surface area contributed by atoms with Gasteiger partial charge in [-0.3, -0.25) is 4.79 Å². The van der Waals surface area contributed by atoms with Crippen LogP contribution in [0.2, 0.25) is 10.0 Å². The van der Waals surface area contributed by atoms with Crippen LogP contribution < -0.4 is 0 Å². The molecule has 1 aromatic rings. The van der Waals surface area contributed by atoms with Crippen LogP contribution >= 0.6 is 23.2 Å². The summed E-state index contributed by atoms with van der Waals surface area (Å²) in [6, 6.07) is 3.28. The number of carbonyl (C=O) groups excluding carboxylic acids is 2. The van der Waals surface area contributed by atoms with Gasteiger partial charge in [0.05, 0.1) is 6.61 Å². The minimum Gasteiger partial charge on any atom is -0.464 e. The van der Waals surface area contributed by atoms with Crippen molar-refractivity contribution in [3.05, 3.63) is 33.8 Å². The van der Waals surface area contributed by atoms with Gasteiger partial charge in [-0.15, -0.1) is 0 Å². The summed E-state index contributed by atoms with van der Waals surface area (Å²) < 4.78 is 29.0. The quantitative estimate of drug-likeness (QED) is 0.602. The molecule has 2 rings (SSSR count). The van der Waals surface area contributed by atoms with Gasteiger partial charge in [0.25, 0.3) is 0 Å². The van der Waals surface area contributed by atoms with Gasteiger partial charge in [-0.25, -0.2) is 13.2 Å². The fourth-order valence-corrected chi connectivity index (χ4v) is 3.85. The molecule has 0 aromatic heterocycles. The first kappa shape index (κ1) is 21.0. The number of esters is 1. The van der Waals surface area contributed by atoms with Crippen LogP contribution in [0.1, 0.15) is 38.3 Å². The maximum atomic E-state index is 12.8. The van der Waals surface area contributed by atoms with Crippen molar-refractivity contribution in [2.24, 2.45) is 0 Å². The lowest BCUT2D eigenvalue weighted by molar-refractivity contribution is -0.155. The Morgan fingerprint density at radius 3 is 2.42 bits per heavy atom. The third-order valence-electron chi connectivity index (χ3n) is 4.06. The number of hydrogen-bond donors (Lipinski definition) is 0. The van der Waals surface area contributed by atoms with Gasteiger partial charge in [0, 0.05) is 27.4 Å². The first-order chi connectivity index (χ1) is 12.2. The summed E-state index contributed by atoms with van der Waals surface area (Å²) in [6.07, 6.45) is 1.39. The third kappa shape index (κ3) is 5.11. The SMILES string of the molecule is CCOC(=O)[C@@H](c1ccc(Cl)cc1Cl)N(C(=O)CS(=O)(=O)CC)C1CC1. The summed E-state index contributed by atoms with van der Waals surface area (Å²) in [4.78, 5) is 26.7. The molecule has 1 atom stereocenters. The molecule has 0 heterocycles. The molecule has 1 aromatic carbocycles. The number of rotatable bonds is 8. The Balaban J connectivity index is 2.46. The van der Waals surface area contributed by atoms with E-state index in [0.717, 1.165) is 0 Å². The fraction of sp³-hybridized carbons (Fsp3) is 0.529. The number of ether oxygens (including phenoxy) is 1. The Morgan fingerprint density at radius 2 is 1.92 bits per heavy atom. The van der Waals surface area contributed by atoms with E-state index >= 15 is 0 Å². The lowest BCUT2D eigenvalue weighted by atomic mass is 10.0. The molecule has 26 heavy (non-hydrogen) atoms. The molecule has 0 saturated heterocycles. The van der Waals surface area contributed by atoms with Crippen molar-refractivity contribution in [3.63, 3.8) is 0 Å². The number of sulfone groups is 1. The van der Waals surface area contributed by atoms with Crippen LogP contribution in [-0.4, -0.2) is 49.3 Å². The molecule has 1 fully saturated rings. The zero-order valence-electron chi connectivity index (χ0n) is 14.6. The summed E-state index contributed by atoms with van der Waals surface area (Å²) in [7, 11) is -3.54. The Hall–Kier alpha value is -1.31. The zero-order valence-corrected chi connectivity index (χ0v) is 16.9. The molecule has 0 bridgehead atoms. The molecule has 9 heteroatoms. The average Bonchev–Trinajstić information content (AvgIpc) is 3.37. The van der Waals surface area contributed by atoms with Crippen molar-refractivity contribution in [2.75, 3.05) is 18.1 Å². The van der Waals surface area contributed by atoms with Crippen molar-refractivity contribution in [1.82, 2.24) is 4.90 Å². The molecule has 1 amide bonds. The van der Waals surface area contributed by atoms with Crippen LogP contribution in [0.3, 0.4) is 0 Å². The third-order valence-corrected chi connectivity index (χ3v) is 6.19. The van der Waals surface area contributed by atoms with Crippen LogP contribution in [0.25, 0.3) is 0 Å². The maximum Gasteiger partial charge on any atom is 0.333 e. The molecular formula is C17H21Cl2NO5S. The second-order valence-corrected chi connectivity index (χ2v) is 9.23. The number of hydrogen-bond acceptors (Lipinski definition) is 5. The molecule has 0 spiro atoms. The zero-order chi connectivity index (χ0) is 19.5. The number of halogens is 2. The Morgan fingerprint density at radius 1 is 1.27 bits per heavy atom. The summed E-state index contributed by atoms with van der Waals surface area (Å²) in [5.74, 6) is -2.08. The van der Waals surface area contributed by atoms with E-state index in [0.29, 0.717) is 23.4 Å². The van der Waals surface area contributed by atoms with E-state index in [1.54, 1.807) is 19.1 Å². The minimum absolute atomic E-state index is 0.125. The van der Waals surface area contributed by atoms with Crippen molar-refractivity contribution >= 4 is 44.9 Å². The van der Waals surface area contributed by atoms with Crippen LogP contribution in [-0.2, 0) is 24.2 Å². The van der Waals surface area contributed by atoms with E-state index in [1.807, 2.05) is 0 Å². The number of amides is 1. The Kier molecular flexibility index (Phi) is 6.93. The van der Waals surface area contributed by atoms with Gasteiger partial charge in [-0.1, -0.05) is 36.2 Å². The van der Waals surface area contributed by atoms with E-state index in [9.17, 15) is 18.0 Å². The molecule has 0 N–H and O–H groups in total. The molecule has 6 nitrogen and oxygen atoms in total. The molecule has 0 unspecified atom stereocenters. The van der Waals surface area contributed by atoms with Crippen molar-refractivity contribution in [1.29, 1.82) is 0 Å². The Labute approximate surface area is 163 Å². The topological polar surface area (TPSA) is 80.8 Å². The average molecular weight is 422 g/mol. The molecule has 1 saturated carbocycles. The van der Waals surface area contributed by atoms with E-state index < -0.39 is 33.5 Å². The summed E-state index contributed by atoms with van der Waals surface area (Å²) >= 11 is 12.2. The second kappa shape index (κ2) is 8.59. The van der Waals surface area contributed by atoms with Gasteiger partial charge < -0.3 is 9.64 Å². The van der Waals surface area contributed by atoms with Gasteiger partial charge in [-0.2, -0.15) is 0 Å². The van der Waals surface area contributed by atoms with Gasteiger partial charge >= 0.3 is 5.97 Å². The monoisotopic (exact) mass is 421 g/mol. The van der Waals surface area contributed by atoms with E-state index in [1.165, 1.54) is 17.9 Å². The van der Waals surface area contributed by atoms with Crippen LogP contribution in [0, 0.1) is 0 Å². The maximum absolute atomic E-state index is 12.8. The number of carbonyl (C=O) groups is 2. The van der Waals surface area contributed by atoms with E-state index in [-0.39, 0.29) is 23.4 Å². The highest BCUT2D eigenvalue weighted by Crippen LogP contribution is 2.38. The largest absolute Gasteiger partial charge is 0.464 e. The van der Waals surface area contributed by atoms with Gasteiger partial charge in [0.1, 0.15) is 5.75 Å².